The van der Waals surface area contributed by atoms with Gasteiger partial charge in [-0.25, -0.2) is 0 Å². The van der Waals surface area contributed by atoms with Crippen molar-refractivity contribution in [1.82, 2.24) is 0 Å². The Labute approximate surface area is 92.9 Å². The standard InChI is InChI=1S/Cs.3O.V/q+1;;;-1;. The van der Waals surface area contributed by atoms with Crippen LogP contribution in [0.4, 0.5) is 0 Å². The van der Waals surface area contributed by atoms with E-state index in [0.29, 0.717) is 0 Å². The molecule has 0 aromatic heterocycles. The van der Waals surface area contributed by atoms with Gasteiger partial charge >= 0.3 is 95.7 Å². The molecule has 0 aliphatic rings. The van der Waals surface area contributed by atoms with Crippen molar-refractivity contribution in [3.63, 3.8) is 0 Å². The molecule has 0 aromatic rings. The molecule has 24 valence electrons. The van der Waals surface area contributed by atoms with Gasteiger partial charge in [0, 0.05) is 0 Å². The van der Waals surface area contributed by atoms with Crippen LogP contribution in [0.25, 0.3) is 0 Å². The Morgan fingerprint density at radius 2 is 1.40 bits per heavy atom. The molecule has 0 aliphatic heterocycles. The third kappa shape index (κ3) is 22.6. The van der Waals surface area contributed by atoms with Crippen LogP contribution in [-0.2, 0) is 22.7 Å². The van der Waals surface area contributed by atoms with Gasteiger partial charge in [0.05, 0.1) is 0 Å². The van der Waals surface area contributed by atoms with Crippen LogP contribution in [0.3, 0.4) is 0 Å². The monoisotopic (exact) mass is 232 g/mol. The van der Waals surface area contributed by atoms with Crippen molar-refractivity contribution in [1.29, 1.82) is 0 Å². The molecule has 0 fully saturated rings. The van der Waals surface area contributed by atoms with Gasteiger partial charge in [-0.1, -0.05) is 0 Å². The third-order valence-electron chi connectivity index (χ3n) is 0. The Hall–Kier alpha value is 2.20. The summed E-state index contributed by atoms with van der Waals surface area (Å²) in [5.74, 6) is 0. The zero-order chi connectivity index (χ0) is 3.58. The first kappa shape index (κ1) is 10.2. The van der Waals surface area contributed by atoms with Gasteiger partial charge in [0.25, 0.3) is 0 Å². The van der Waals surface area contributed by atoms with E-state index in [-0.39, 0.29) is 68.9 Å². The Kier molecular flexibility index (Phi) is 12.7. The van der Waals surface area contributed by atoms with Crippen molar-refractivity contribution in [2.24, 2.45) is 0 Å². The quantitative estimate of drug-likeness (QED) is 0.423. The molecule has 0 atom stereocenters. The van der Waals surface area contributed by atoms with Crippen LogP contribution in [-0.4, -0.2) is 0 Å². The van der Waals surface area contributed by atoms with Gasteiger partial charge in [0.2, 0.25) is 0 Å². The van der Waals surface area contributed by atoms with E-state index in [1.165, 1.54) is 0 Å². The second-order valence-electron chi connectivity index (χ2n) is 0.224. The van der Waals surface area contributed by atoms with Crippen LogP contribution >= 0.6 is 0 Å². The third-order valence-corrected chi connectivity index (χ3v) is 0. The van der Waals surface area contributed by atoms with E-state index in [2.05, 4.69) is 0 Å². The Morgan fingerprint density at radius 3 is 1.40 bits per heavy atom. The molecule has 3 nitrogen and oxygen atoms in total. The zero-order valence-corrected chi connectivity index (χ0v) is 10.3. The van der Waals surface area contributed by atoms with E-state index in [4.69, 9.17) is 11.4 Å². The minimum absolute atomic E-state index is 0. The summed E-state index contributed by atoms with van der Waals surface area (Å²) in [6, 6.07) is 0. The molecule has 0 unspecified atom stereocenters. The Morgan fingerprint density at radius 1 is 1.40 bits per heavy atom. The second kappa shape index (κ2) is 6.20. The SMILES string of the molecule is [Cs+].[O]=[V](=[O])[O-]. The van der Waals surface area contributed by atoms with E-state index >= 15 is 0 Å². The fourth-order valence-electron chi connectivity index (χ4n) is 0. The van der Waals surface area contributed by atoms with Gasteiger partial charge < -0.3 is 0 Å². The van der Waals surface area contributed by atoms with Crippen LogP contribution in [0.15, 0.2) is 0 Å². The number of hydrogen-bond donors (Lipinski definition) is 0. The molecule has 0 bridgehead atoms. The van der Waals surface area contributed by atoms with Crippen molar-refractivity contribution >= 4 is 0 Å². The molecular weight excluding hydrogens is 232 g/mol. The van der Waals surface area contributed by atoms with Crippen LogP contribution in [0, 0.1) is 0 Å². The minimum atomic E-state index is -3.94. The van der Waals surface area contributed by atoms with Crippen molar-refractivity contribution in [3.8, 4) is 0 Å². The molecule has 0 saturated heterocycles. The summed E-state index contributed by atoms with van der Waals surface area (Å²) in [5.41, 5.74) is 0. The molecule has 0 aromatic carbocycles. The maximum absolute atomic E-state index is 8.56. The van der Waals surface area contributed by atoms with E-state index < -0.39 is 15.4 Å². The Balaban J connectivity index is 0. The van der Waals surface area contributed by atoms with Gasteiger partial charge in [-0.2, -0.15) is 0 Å². The molecule has 5 heteroatoms. The van der Waals surface area contributed by atoms with Crippen LogP contribution in [0.1, 0.15) is 0 Å². The first-order valence-corrected chi connectivity index (χ1v) is 2.26. The summed E-state index contributed by atoms with van der Waals surface area (Å²) < 4.78 is 25.7. The molecule has 0 saturated carbocycles. The van der Waals surface area contributed by atoms with Crippen LogP contribution < -0.4 is 72.9 Å². The normalized spacial score (nSPS) is 5.00. The van der Waals surface area contributed by atoms with Gasteiger partial charge in [0.1, 0.15) is 0 Å². The second-order valence-corrected chi connectivity index (χ2v) is 0.922. The first-order valence-electron chi connectivity index (χ1n) is 0.548. The molecular formula is CsO3V. The summed E-state index contributed by atoms with van der Waals surface area (Å²) in [6.07, 6.45) is 0. The average Bonchev–Trinajstić information content (AvgIpc) is 0.811. The molecule has 0 aliphatic carbocycles. The van der Waals surface area contributed by atoms with Gasteiger partial charge in [-0.3, -0.25) is 0 Å². The van der Waals surface area contributed by atoms with E-state index in [1.807, 2.05) is 0 Å². The number of hydrogen-bond acceptors (Lipinski definition) is 3. The van der Waals surface area contributed by atoms with Gasteiger partial charge in [-0.15, -0.1) is 0 Å². The van der Waals surface area contributed by atoms with Crippen molar-refractivity contribution < 1.29 is 95.7 Å². The summed E-state index contributed by atoms with van der Waals surface area (Å²) in [6.45, 7) is 0. The molecule has 0 amide bonds. The summed E-state index contributed by atoms with van der Waals surface area (Å²) >= 11 is -3.94. The summed E-state index contributed by atoms with van der Waals surface area (Å²) in [4.78, 5) is 0. The van der Waals surface area contributed by atoms with E-state index in [1.54, 1.807) is 0 Å². The molecule has 0 N–H and O–H groups in total. The molecule has 0 spiro atoms. The van der Waals surface area contributed by atoms with Crippen molar-refractivity contribution in [2.75, 3.05) is 0 Å². The fourth-order valence-corrected chi connectivity index (χ4v) is 0. The zero-order valence-electron chi connectivity index (χ0n) is 2.67. The predicted octanol–water partition coefficient (Wildman–Crippen LogP) is -4.43. The summed E-state index contributed by atoms with van der Waals surface area (Å²) in [5, 5.41) is 0. The topological polar surface area (TPSA) is 57.2 Å². The molecule has 5 heavy (non-hydrogen) atoms. The van der Waals surface area contributed by atoms with Crippen molar-refractivity contribution in [3.05, 3.63) is 0 Å². The fraction of sp³-hybridized carbons (Fsp3) is 0. The summed E-state index contributed by atoms with van der Waals surface area (Å²) in [7, 11) is 0. The Bertz CT molecular complexity index is 55.3. The van der Waals surface area contributed by atoms with Crippen molar-refractivity contribution in [2.45, 2.75) is 0 Å². The van der Waals surface area contributed by atoms with E-state index in [9.17, 15) is 0 Å². The number of rotatable bonds is 0. The molecule has 0 radical (unpaired) electrons. The van der Waals surface area contributed by atoms with Crippen LogP contribution in [0.2, 0.25) is 0 Å². The first-order chi connectivity index (χ1) is 1.73. The van der Waals surface area contributed by atoms with E-state index in [0.717, 1.165) is 0 Å². The predicted molar refractivity (Wildman–Crippen MR) is 1.37 cm³/mol. The van der Waals surface area contributed by atoms with Gasteiger partial charge in [0.15, 0.2) is 0 Å². The molecule has 0 rings (SSSR count). The average molecular weight is 232 g/mol. The van der Waals surface area contributed by atoms with Crippen LogP contribution in [0.5, 0.6) is 0 Å². The maximum atomic E-state index is 8.56. The van der Waals surface area contributed by atoms with Gasteiger partial charge in [-0.05, 0) is 0 Å². The molecule has 0 heterocycles.